The Kier molecular flexibility index (Phi) is 5.50. The summed E-state index contributed by atoms with van der Waals surface area (Å²) in [6.45, 7) is 5.55. The van der Waals surface area contributed by atoms with E-state index in [0.29, 0.717) is 24.2 Å². The Morgan fingerprint density at radius 3 is 2.75 bits per heavy atom. The summed E-state index contributed by atoms with van der Waals surface area (Å²) in [6.07, 6.45) is 0. The Morgan fingerprint density at radius 1 is 1.33 bits per heavy atom. The van der Waals surface area contributed by atoms with Crippen LogP contribution in [0.2, 0.25) is 0 Å². The van der Waals surface area contributed by atoms with Gasteiger partial charge in [0.25, 0.3) is 0 Å². The summed E-state index contributed by atoms with van der Waals surface area (Å²) in [5, 5.41) is 9.19. The van der Waals surface area contributed by atoms with Gasteiger partial charge in [0.1, 0.15) is 0 Å². The second-order valence-electron chi connectivity index (χ2n) is 5.95. The fourth-order valence-corrected chi connectivity index (χ4v) is 3.51. The predicted molar refractivity (Wildman–Crippen MR) is 93.1 cm³/mol. The third-order valence-corrected chi connectivity index (χ3v) is 5.25. The second-order valence-corrected chi connectivity index (χ2v) is 6.89. The maximum atomic E-state index is 12.2. The Labute approximate surface area is 150 Å². The van der Waals surface area contributed by atoms with E-state index in [2.05, 4.69) is 20.4 Å². The molecule has 7 nitrogen and oxygen atoms in total. The number of carbonyl (C=O) groups excluding carboxylic acids is 1. The van der Waals surface area contributed by atoms with E-state index in [-0.39, 0.29) is 18.3 Å². The first-order valence-corrected chi connectivity index (χ1v) is 8.76. The molecule has 0 aromatic carbocycles. The Balaban J connectivity index is 0.00000169. The Bertz CT molecular complexity index is 665. The molecular formula is C15H20ClN5O2S. The van der Waals surface area contributed by atoms with E-state index < -0.39 is 0 Å². The summed E-state index contributed by atoms with van der Waals surface area (Å²) < 4.78 is 5.35. The van der Waals surface area contributed by atoms with Gasteiger partial charge in [-0.15, -0.1) is 23.7 Å². The molecule has 130 valence electrons. The number of nitrogens with one attached hydrogen (secondary N) is 1. The lowest BCUT2D eigenvalue weighted by Crippen LogP contribution is -2.56. The fraction of sp³-hybridized carbons (Fsp3) is 0.533. The zero-order valence-electron chi connectivity index (χ0n) is 13.2. The van der Waals surface area contributed by atoms with E-state index in [0.717, 1.165) is 44.1 Å². The number of amides is 1. The van der Waals surface area contributed by atoms with Crippen LogP contribution in [0.15, 0.2) is 22.0 Å². The molecule has 0 radical (unpaired) electrons. The SMILES string of the molecule is Cl.O=C(C1CNC1)N1CCN(Cc2nc(-c3cccs3)no2)CC1. The summed E-state index contributed by atoms with van der Waals surface area (Å²) >= 11 is 1.60. The normalized spacial score (nSPS) is 18.9. The van der Waals surface area contributed by atoms with Gasteiger partial charge in [0.2, 0.25) is 17.6 Å². The molecule has 1 amide bonds. The van der Waals surface area contributed by atoms with Crippen LogP contribution in [0.4, 0.5) is 0 Å². The van der Waals surface area contributed by atoms with Crippen molar-refractivity contribution in [2.45, 2.75) is 6.54 Å². The molecule has 0 atom stereocenters. The number of halogens is 1. The van der Waals surface area contributed by atoms with Crippen molar-refractivity contribution < 1.29 is 9.32 Å². The molecular weight excluding hydrogens is 350 g/mol. The minimum Gasteiger partial charge on any atom is -0.340 e. The number of hydrogen-bond acceptors (Lipinski definition) is 7. The predicted octanol–water partition coefficient (Wildman–Crippen LogP) is 1.08. The van der Waals surface area contributed by atoms with Gasteiger partial charge < -0.3 is 14.7 Å². The van der Waals surface area contributed by atoms with E-state index >= 15 is 0 Å². The first-order chi connectivity index (χ1) is 11.3. The standard InChI is InChI=1S/C15H19N5O2S.ClH/c21-15(11-8-16-9-11)20-5-3-19(4-6-20)10-13-17-14(18-22-13)12-2-1-7-23-12;/h1-2,7,11,16H,3-6,8-10H2;1H. The molecule has 4 heterocycles. The first-order valence-electron chi connectivity index (χ1n) is 7.88. The molecule has 2 aliphatic rings. The van der Waals surface area contributed by atoms with Crippen LogP contribution in [0, 0.1) is 5.92 Å². The van der Waals surface area contributed by atoms with Crippen LogP contribution in [-0.2, 0) is 11.3 Å². The number of hydrogen-bond donors (Lipinski definition) is 1. The van der Waals surface area contributed by atoms with Gasteiger partial charge in [-0.3, -0.25) is 9.69 Å². The van der Waals surface area contributed by atoms with Crippen LogP contribution >= 0.6 is 23.7 Å². The summed E-state index contributed by atoms with van der Waals surface area (Å²) in [7, 11) is 0. The maximum absolute atomic E-state index is 12.2. The molecule has 2 saturated heterocycles. The Hall–Kier alpha value is -1.48. The van der Waals surface area contributed by atoms with Crippen LogP contribution in [0.1, 0.15) is 5.89 Å². The third kappa shape index (κ3) is 3.61. The maximum Gasteiger partial charge on any atom is 0.241 e. The molecule has 4 rings (SSSR count). The number of rotatable bonds is 4. The molecule has 0 aliphatic carbocycles. The van der Waals surface area contributed by atoms with Crippen molar-refractivity contribution in [3.63, 3.8) is 0 Å². The van der Waals surface area contributed by atoms with Crippen LogP contribution < -0.4 is 5.32 Å². The van der Waals surface area contributed by atoms with Crippen molar-refractivity contribution in [2.24, 2.45) is 5.92 Å². The van der Waals surface area contributed by atoms with E-state index in [1.165, 1.54) is 0 Å². The van der Waals surface area contributed by atoms with Crippen molar-refractivity contribution in [3.8, 4) is 10.7 Å². The number of aromatic nitrogens is 2. The fourth-order valence-electron chi connectivity index (χ4n) is 2.86. The van der Waals surface area contributed by atoms with Crippen molar-refractivity contribution in [2.75, 3.05) is 39.3 Å². The number of carbonyl (C=O) groups is 1. The highest BCUT2D eigenvalue weighted by Gasteiger charge is 2.31. The van der Waals surface area contributed by atoms with Gasteiger partial charge in [-0.1, -0.05) is 11.2 Å². The van der Waals surface area contributed by atoms with Crippen LogP contribution in [-0.4, -0.2) is 65.1 Å². The molecule has 24 heavy (non-hydrogen) atoms. The molecule has 1 N–H and O–H groups in total. The molecule has 0 spiro atoms. The van der Waals surface area contributed by atoms with Gasteiger partial charge in [-0.2, -0.15) is 4.98 Å². The third-order valence-electron chi connectivity index (χ3n) is 4.38. The Morgan fingerprint density at radius 2 is 2.12 bits per heavy atom. The highest BCUT2D eigenvalue weighted by molar-refractivity contribution is 7.13. The van der Waals surface area contributed by atoms with Gasteiger partial charge in [0, 0.05) is 39.3 Å². The smallest absolute Gasteiger partial charge is 0.241 e. The average Bonchev–Trinajstić information content (AvgIpc) is 3.17. The van der Waals surface area contributed by atoms with Crippen LogP contribution in [0.3, 0.4) is 0 Å². The zero-order valence-corrected chi connectivity index (χ0v) is 14.8. The average molecular weight is 370 g/mol. The topological polar surface area (TPSA) is 74.5 Å². The van der Waals surface area contributed by atoms with Gasteiger partial charge >= 0.3 is 0 Å². The lowest BCUT2D eigenvalue weighted by molar-refractivity contribution is -0.139. The van der Waals surface area contributed by atoms with E-state index in [4.69, 9.17) is 4.52 Å². The lowest BCUT2D eigenvalue weighted by atomic mass is 10.0. The summed E-state index contributed by atoms with van der Waals surface area (Å²) in [5.41, 5.74) is 0. The molecule has 0 saturated carbocycles. The summed E-state index contributed by atoms with van der Waals surface area (Å²) in [5.74, 6) is 1.77. The molecule has 2 aromatic heterocycles. The van der Waals surface area contributed by atoms with Crippen molar-refractivity contribution in [1.82, 2.24) is 25.3 Å². The minimum atomic E-state index is 0. The summed E-state index contributed by atoms with van der Waals surface area (Å²) in [4.78, 5) is 21.9. The molecule has 2 fully saturated rings. The first kappa shape index (κ1) is 17.3. The molecule has 9 heteroatoms. The van der Waals surface area contributed by atoms with Crippen molar-refractivity contribution in [1.29, 1.82) is 0 Å². The molecule has 2 aromatic rings. The molecule has 0 bridgehead atoms. The van der Waals surface area contributed by atoms with Crippen molar-refractivity contribution >= 4 is 29.7 Å². The van der Waals surface area contributed by atoms with E-state index in [1.54, 1.807) is 11.3 Å². The van der Waals surface area contributed by atoms with Gasteiger partial charge in [-0.05, 0) is 11.4 Å². The highest BCUT2D eigenvalue weighted by Crippen LogP contribution is 2.21. The van der Waals surface area contributed by atoms with Crippen LogP contribution in [0.25, 0.3) is 10.7 Å². The second kappa shape index (κ2) is 7.60. The van der Waals surface area contributed by atoms with Gasteiger partial charge in [-0.25, -0.2) is 0 Å². The molecule has 2 aliphatic heterocycles. The largest absolute Gasteiger partial charge is 0.340 e. The lowest BCUT2D eigenvalue weighted by Gasteiger charge is -2.38. The minimum absolute atomic E-state index is 0. The monoisotopic (exact) mass is 369 g/mol. The quantitative estimate of drug-likeness (QED) is 0.869. The highest BCUT2D eigenvalue weighted by atomic mass is 35.5. The van der Waals surface area contributed by atoms with E-state index in [1.807, 2.05) is 22.4 Å². The number of piperazine rings is 1. The van der Waals surface area contributed by atoms with E-state index in [9.17, 15) is 4.79 Å². The summed E-state index contributed by atoms with van der Waals surface area (Å²) in [6, 6.07) is 3.96. The number of thiophene rings is 1. The van der Waals surface area contributed by atoms with Crippen molar-refractivity contribution in [3.05, 3.63) is 23.4 Å². The number of nitrogens with zero attached hydrogens (tertiary/aromatic N) is 4. The molecule has 0 unspecified atom stereocenters. The van der Waals surface area contributed by atoms with Gasteiger partial charge in [0.15, 0.2) is 0 Å². The van der Waals surface area contributed by atoms with Gasteiger partial charge in [0.05, 0.1) is 17.3 Å². The van der Waals surface area contributed by atoms with Crippen LogP contribution in [0.5, 0.6) is 0 Å². The zero-order chi connectivity index (χ0) is 15.6.